The SMILES string of the molecule is O=C(CSc1ccc2c(c1)OCCCO2)Nc1cccnc1Cl. The summed E-state index contributed by atoms with van der Waals surface area (Å²) in [5, 5.41) is 3.02. The summed E-state index contributed by atoms with van der Waals surface area (Å²) in [5.74, 6) is 1.60. The van der Waals surface area contributed by atoms with Gasteiger partial charge in [-0.2, -0.15) is 0 Å². The number of thioether (sulfide) groups is 1. The van der Waals surface area contributed by atoms with Gasteiger partial charge >= 0.3 is 0 Å². The number of hydrogen-bond acceptors (Lipinski definition) is 5. The largest absolute Gasteiger partial charge is 0.490 e. The van der Waals surface area contributed by atoms with Crippen molar-refractivity contribution in [2.45, 2.75) is 11.3 Å². The molecular formula is C16H15ClN2O3S. The van der Waals surface area contributed by atoms with Crippen LogP contribution in [-0.4, -0.2) is 29.9 Å². The van der Waals surface area contributed by atoms with Crippen LogP contribution in [0.1, 0.15) is 6.42 Å². The van der Waals surface area contributed by atoms with E-state index in [1.54, 1.807) is 18.3 Å². The van der Waals surface area contributed by atoms with Crippen molar-refractivity contribution in [1.82, 2.24) is 4.98 Å². The van der Waals surface area contributed by atoms with Gasteiger partial charge in [0.15, 0.2) is 16.7 Å². The van der Waals surface area contributed by atoms with Gasteiger partial charge in [-0.05, 0) is 30.3 Å². The third-order valence-electron chi connectivity index (χ3n) is 3.12. The Bertz CT molecular complexity index is 711. The van der Waals surface area contributed by atoms with Crippen molar-refractivity contribution in [3.05, 3.63) is 41.7 Å². The molecule has 23 heavy (non-hydrogen) atoms. The van der Waals surface area contributed by atoms with Gasteiger partial charge in [0.1, 0.15) is 0 Å². The highest BCUT2D eigenvalue weighted by Gasteiger charge is 2.12. The monoisotopic (exact) mass is 350 g/mol. The summed E-state index contributed by atoms with van der Waals surface area (Å²) in [4.78, 5) is 16.9. The fourth-order valence-corrected chi connectivity index (χ4v) is 2.94. The zero-order valence-corrected chi connectivity index (χ0v) is 13.8. The van der Waals surface area contributed by atoms with Crippen molar-refractivity contribution < 1.29 is 14.3 Å². The quantitative estimate of drug-likeness (QED) is 0.674. The van der Waals surface area contributed by atoms with Gasteiger partial charge in [0.05, 0.1) is 24.7 Å². The van der Waals surface area contributed by atoms with Crippen LogP contribution in [0.15, 0.2) is 41.4 Å². The number of fused-ring (bicyclic) bond motifs is 1. The van der Waals surface area contributed by atoms with E-state index in [0.717, 1.165) is 22.8 Å². The molecule has 0 spiro atoms. The Hall–Kier alpha value is -1.92. The van der Waals surface area contributed by atoms with Crippen LogP contribution in [0.2, 0.25) is 5.15 Å². The second-order valence-corrected chi connectivity index (χ2v) is 6.24. The van der Waals surface area contributed by atoms with Gasteiger partial charge in [0.25, 0.3) is 0 Å². The van der Waals surface area contributed by atoms with Gasteiger partial charge in [0, 0.05) is 17.5 Å². The summed E-state index contributed by atoms with van der Waals surface area (Å²) in [7, 11) is 0. The molecule has 1 amide bonds. The first kappa shape index (κ1) is 16.0. The van der Waals surface area contributed by atoms with E-state index in [1.807, 2.05) is 18.2 Å². The molecule has 2 aromatic rings. The number of anilines is 1. The lowest BCUT2D eigenvalue weighted by Crippen LogP contribution is -2.14. The van der Waals surface area contributed by atoms with Crippen molar-refractivity contribution in [2.75, 3.05) is 24.3 Å². The minimum Gasteiger partial charge on any atom is -0.490 e. The molecule has 0 fully saturated rings. The van der Waals surface area contributed by atoms with Gasteiger partial charge in [-0.3, -0.25) is 4.79 Å². The second kappa shape index (κ2) is 7.57. The molecule has 2 heterocycles. The minimum absolute atomic E-state index is 0.142. The Kier molecular flexibility index (Phi) is 5.25. The number of carbonyl (C=O) groups excluding carboxylic acids is 1. The summed E-state index contributed by atoms with van der Waals surface area (Å²) in [6.45, 7) is 1.30. The number of ether oxygens (including phenoxy) is 2. The van der Waals surface area contributed by atoms with Crippen LogP contribution < -0.4 is 14.8 Å². The Balaban J connectivity index is 1.59. The van der Waals surface area contributed by atoms with Crippen LogP contribution in [0.5, 0.6) is 11.5 Å². The highest BCUT2D eigenvalue weighted by atomic mass is 35.5. The number of halogens is 1. The first-order chi connectivity index (χ1) is 11.2. The van der Waals surface area contributed by atoms with E-state index < -0.39 is 0 Å². The molecule has 0 atom stereocenters. The van der Waals surface area contributed by atoms with Crippen LogP contribution in [0.3, 0.4) is 0 Å². The van der Waals surface area contributed by atoms with Crippen LogP contribution >= 0.6 is 23.4 Å². The van der Waals surface area contributed by atoms with Crippen LogP contribution in [0, 0.1) is 0 Å². The third kappa shape index (κ3) is 4.30. The Morgan fingerprint density at radius 3 is 2.91 bits per heavy atom. The number of aromatic nitrogens is 1. The molecular weight excluding hydrogens is 336 g/mol. The lowest BCUT2D eigenvalue weighted by molar-refractivity contribution is -0.113. The van der Waals surface area contributed by atoms with Crippen molar-refractivity contribution in [3.63, 3.8) is 0 Å². The van der Waals surface area contributed by atoms with Gasteiger partial charge in [-0.1, -0.05) is 11.6 Å². The molecule has 0 aliphatic carbocycles. The summed E-state index contributed by atoms with van der Waals surface area (Å²) in [5.41, 5.74) is 0.512. The number of hydrogen-bond donors (Lipinski definition) is 1. The molecule has 0 saturated heterocycles. The maximum atomic E-state index is 12.0. The standard InChI is InChI=1S/C16H15ClN2O3S/c17-16-12(3-1-6-18-16)19-15(20)10-23-11-4-5-13-14(9-11)22-8-2-7-21-13/h1,3-6,9H,2,7-8,10H2,(H,19,20). The molecule has 3 rings (SSSR count). The van der Waals surface area contributed by atoms with Gasteiger partial charge < -0.3 is 14.8 Å². The summed E-state index contributed by atoms with van der Waals surface area (Å²) in [6.07, 6.45) is 2.44. The fraction of sp³-hybridized carbons (Fsp3) is 0.250. The molecule has 5 nitrogen and oxygen atoms in total. The fourth-order valence-electron chi connectivity index (χ4n) is 2.05. The number of nitrogens with zero attached hydrogens (tertiary/aromatic N) is 1. The molecule has 1 aliphatic heterocycles. The molecule has 1 aromatic carbocycles. The predicted molar refractivity (Wildman–Crippen MR) is 90.6 cm³/mol. The second-order valence-electron chi connectivity index (χ2n) is 4.84. The zero-order valence-electron chi connectivity index (χ0n) is 12.3. The van der Waals surface area contributed by atoms with Gasteiger partial charge in [0.2, 0.25) is 5.91 Å². The van der Waals surface area contributed by atoms with E-state index >= 15 is 0 Å². The average Bonchev–Trinajstić information content (AvgIpc) is 2.80. The summed E-state index contributed by atoms with van der Waals surface area (Å²) in [6, 6.07) is 9.13. The Morgan fingerprint density at radius 1 is 1.26 bits per heavy atom. The molecule has 0 radical (unpaired) electrons. The maximum absolute atomic E-state index is 12.0. The summed E-state index contributed by atoms with van der Waals surface area (Å²) >= 11 is 7.34. The predicted octanol–water partition coefficient (Wildman–Crippen LogP) is 3.63. The highest BCUT2D eigenvalue weighted by molar-refractivity contribution is 8.00. The average molecular weight is 351 g/mol. The van der Waals surface area contributed by atoms with Crippen LogP contribution in [0.4, 0.5) is 5.69 Å². The summed E-state index contributed by atoms with van der Waals surface area (Å²) < 4.78 is 11.2. The molecule has 1 N–H and O–H groups in total. The lowest BCUT2D eigenvalue weighted by Gasteiger charge is -2.09. The van der Waals surface area contributed by atoms with Crippen LogP contribution in [0.25, 0.3) is 0 Å². The Morgan fingerprint density at radius 2 is 2.09 bits per heavy atom. The molecule has 7 heteroatoms. The number of carbonyl (C=O) groups is 1. The van der Waals surface area contributed by atoms with Crippen molar-refractivity contribution >= 4 is 35.0 Å². The molecule has 0 bridgehead atoms. The minimum atomic E-state index is -0.142. The first-order valence-electron chi connectivity index (χ1n) is 7.15. The molecule has 0 saturated carbocycles. The van der Waals surface area contributed by atoms with E-state index in [2.05, 4.69) is 10.3 Å². The van der Waals surface area contributed by atoms with E-state index in [1.165, 1.54) is 11.8 Å². The van der Waals surface area contributed by atoms with Gasteiger partial charge in [-0.15, -0.1) is 11.8 Å². The number of pyridine rings is 1. The van der Waals surface area contributed by atoms with Crippen molar-refractivity contribution in [1.29, 1.82) is 0 Å². The van der Waals surface area contributed by atoms with E-state index in [-0.39, 0.29) is 16.8 Å². The normalized spacial score (nSPS) is 13.3. The number of amides is 1. The van der Waals surface area contributed by atoms with Crippen LogP contribution in [-0.2, 0) is 4.79 Å². The first-order valence-corrected chi connectivity index (χ1v) is 8.51. The Labute approximate surface area is 143 Å². The van der Waals surface area contributed by atoms with Gasteiger partial charge in [-0.25, -0.2) is 4.98 Å². The smallest absolute Gasteiger partial charge is 0.234 e. The number of benzene rings is 1. The molecule has 1 aromatic heterocycles. The highest BCUT2D eigenvalue weighted by Crippen LogP contribution is 2.33. The number of rotatable bonds is 4. The van der Waals surface area contributed by atoms with E-state index in [4.69, 9.17) is 21.1 Å². The number of nitrogens with one attached hydrogen (secondary N) is 1. The molecule has 120 valence electrons. The van der Waals surface area contributed by atoms with E-state index in [0.29, 0.717) is 18.9 Å². The third-order valence-corrected chi connectivity index (χ3v) is 4.42. The maximum Gasteiger partial charge on any atom is 0.234 e. The van der Waals surface area contributed by atoms with E-state index in [9.17, 15) is 4.79 Å². The van der Waals surface area contributed by atoms with Crippen molar-refractivity contribution in [2.24, 2.45) is 0 Å². The lowest BCUT2D eigenvalue weighted by atomic mass is 10.3. The molecule has 0 unspecified atom stereocenters. The molecule has 1 aliphatic rings. The topological polar surface area (TPSA) is 60.5 Å². The van der Waals surface area contributed by atoms with Crippen molar-refractivity contribution in [3.8, 4) is 11.5 Å². The zero-order chi connectivity index (χ0) is 16.1.